The Kier molecular flexibility index (Phi) is 7.34. The number of aryl methyl sites for hydroxylation is 1. The molecule has 5 rings (SSSR count). The highest BCUT2D eigenvalue weighted by Gasteiger charge is 2.25. The molecule has 8 heteroatoms. The van der Waals surface area contributed by atoms with Crippen LogP contribution in [0.4, 0.5) is 10.1 Å². The van der Waals surface area contributed by atoms with E-state index in [-0.39, 0.29) is 17.5 Å². The van der Waals surface area contributed by atoms with Gasteiger partial charge < -0.3 is 15.4 Å². The number of ether oxygens (including phenoxy) is 1. The fourth-order valence-electron chi connectivity index (χ4n) is 3.60. The summed E-state index contributed by atoms with van der Waals surface area (Å²) in [6, 6.07) is 5.08. The van der Waals surface area contributed by atoms with E-state index in [2.05, 4.69) is 20.7 Å². The molecule has 1 aliphatic carbocycles. The van der Waals surface area contributed by atoms with Crippen molar-refractivity contribution in [2.24, 2.45) is 0 Å². The maximum Gasteiger partial charge on any atom is 0.254 e. The van der Waals surface area contributed by atoms with Crippen LogP contribution in [0.15, 0.2) is 43.0 Å². The molecule has 2 N–H and O–H groups in total. The van der Waals surface area contributed by atoms with E-state index in [0.29, 0.717) is 11.3 Å². The molecule has 33 heavy (non-hydrogen) atoms. The highest BCUT2D eigenvalue weighted by molar-refractivity contribution is 5.95. The van der Waals surface area contributed by atoms with Crippen LogP contribution in [0, 0.1) is 12.7 Å². The van der Waals surface area contributed by atoms with Crippen molar-refractivity contribution >= 4 is 11.6 Å². The molecule has 1 saturated heterocycles. The van der Waals surface area contributed by atoms with Gasteiger partial charge in [0.15, 0.2) is 0 Å². The normalized spacial score (nSPS) is 15.4. The highest BCUT2D eigenvalue weighted by atomic mass is 19.1. The summed E-state index contributed by atoms with van der Waals surface area (Å²) in [4.78, 5) is 16.5. The van der Waals surface area contributed by atoms with Gasteiger partial charge in [-0.15, -0.1) is 0 Å². The lowest BCUT2D eigenvalue weighted by Gasteiger charge is -2.11. The molecule has 1 amide bonds. The van der Waals surface area contributed by atoms with Crippen molar-refractivity contribution in [1.82, 2.24) is 20.1 Å². The Hall–Kier alpha value is -3.26. The van der Waals surface area contributed by atoms with Crippen LogP contribution < -0.4 is 10.6 Å². The van der Waals surface area contributed by atoms with Crippen LogP contribution >= 0.6 is 0 Å². The van der Waals surface area contributed by atoms with Crippen LogP contribution in [0.1, 0.15) is 48.0 Å². The molecule has 1 aliphatic heterocycles. The lowest BCUT2D eigenvalue weighted by atomic mass is 10.1. The van der Waals surface area contributed by atoms with Gasteiger partial charge in [-0.3, -0.25) is 9.78 Å². The Morgan fingerprint density at radius 1 is 1.09 bits per heavy atom. The maximum absolute atomic E-state index is 14.3. The van der Waals surface area contributed by atoms with Crippen LogP contribution in [-0.2, 0) is 4.74 Å². The smallest absolute Gasteiger partial charge is 0.254 e. The van der Waals surface area contributed by atoms with Crippen molar-refractivity contribution in [3.05, 3.63) is 59.9 Å². The first-order valence-corrected chi connectivity index (χ1v) is 11.4. The molecule has 3 heterocycles. The Morgan fingerprint density at radius 2 is 1.88 bits per heavy atom. The molecule has 2 fully saturated rings. The van der Waals surface area contributed by atoms with E-state index in [1.54, 1.807) is 36.3 Å². The minimum atomic E-state index is -0.521. The summed E-state index contributed by atoms with van der Waals surface area (Å²) in [6.45, 7) is 3.80. The van der Waals surface area contributed by atoms with Gasteiger partial charge in [0.2, 0.25) is 0 Å². The summed E-state index contributed by atoms with van der Waals surface area (Å²) < 4.78 is 21.0. The number of nitrogens with one attached hydrogen (secondary N) is 2. The first-order chi connectivity index (χ1) is 16.0. The standard InChI is InChI=1S/C20H20FN5O.C5H10O/c1-12-5-18(21)17(20(27)25-15-3-4-15)7-19(12)26-11-14(9-24-26)13-6-16(22-2)10-23-8-13;1-2-4-6-5-3-1/h5-11,15,22H,3-4H2,1-2H3,(H,25,27);1-5H2. The Bertz CT molecular complexity index is 1090. The number of amides is 1. The Balaban J connectivity index is 0.000000376. The van der Waals surface area contributed by atoms with Gasteiger partial charge in [-0.25, -0.2) is 9.07 Å². The van der Waals surface area contributed by atoms with Crippen LogP contribution in [0.25, 0.3) is 16.8 Å². The zero-order valence-corrected chi connectivity index (χ0v) is 19.1. The second-order valence-corrected chi connectivity index (χ2v) is 8.43. The third kappa shape index (κ3) is 5.96. The van der Waals surface area contributed by atoms with E-state index in [0.717, 1.165) is 42.9 Å². The van der Waals surface area contributed by atoms with Crippen LogP contribution in [-0.4, -0.2) is 47.0 Å². The minimum absolute atomic E-state index is 0.0402. The zero-order chi connectivity index (χ0) is 23.2. The van der Waals surface area contributed by atoms with Crippen LogP contribution in [0.5, 0.6) is 0 Å². The molecule has 174 valence electrons. The quantitative estimate of drug-likeness (QED) is 0.597. The number of aromatic nitrogens is 3. The second kappa shape index (κ2) is 10.6. The number of benzene rings is 1. The first-order valence-electron chi connectivity index (χ1n) is 11.4. The molecule has 1 saturated carbocycles. The van der Waals surface area contributed by atoms with Gasteiger partial charge in [0.1, 0.15) is 5.82 Å². The van der Waals surface area contributed by atoms with E-state index in [9.17, 15) is 9.18 Å². The van der Waals surface area contributed by atoms with E-state index in [1.807, 2.05) is 19.3 Å². The number of carbonyl (C=O) groups excluding carboxylic acids is 1. The van der Waals surface area contributed by atoms with E-state index < -0.39 is 5.82 Å². The van der Waals surface area contributed by atoms with Gasteiger partial charge in [-0.1, -0.05) is 0 Å². The number of hydrogen-bond acceptors (Lipinski definition) is 5. The molecular weight excluding hydrogens is 421 g/mol. The molecule has 3 aromatic rings. The van der Waals surface area contributed by atoms with E-state index >= 15 is 0 Å². The van der Waals surface area contributed by atoms with Gasteiger partial charge in [0.25, 0.3) is 5.91 Å². The average Bonchev–Trinajstić information content (AvgIpc) is 3.52. The minimum Gasteiger partial charge on any atom is -0.387 e. The molecule has 0 unspecified atom stereocenters. The number of nitrogens with zero attached hydrogens (tertiary/aromatic N) is 3. The average molecular weight is 452 g/mol. The fraction of sp³-hybridized carbons (Fsp3) is 0.400. The fourth-order valence-corrected chi connectivity index (χ4v) is 3.60. The summed E-state index contributed by atoms with van der Waals surface area (Å²) in [5, 5.41) is 10.3. The summed E-state index contributed by atoms with van der Waals surface area (Å²) in [5.74, 6) is -0.901. The molecule has 1 aromatic carbocycles. The zero-order valence-electron chi connectivity index (χ0n) is 19.1. The van der Waals surface area contributed by atoms with Gasteiger partial charge in [-0.05, 0) is 62.8 Å². The number of hydrogen-bond donors (Lipinski definition) is 2. The van der Waals surface area contributed by atoms with Crippen LogP contribution in [0.3, 0.4) is 0 Å². The molecule has 0 bridgehead atoms. The molecule has 0 spiro atoms. The lowest BCUT2D eigenvalue weighted by molar-refractivity contribution is 0.0946. The number of halogens is 1. The van der Waals surface area contributed by atoms with Crippen LogP contribution in [0.2, 0.25) is 0 Å². The number of rotatable bonds is 5. The third-order valence-corrected chi connectivity index (χ3v) is 5.71. The Labute approximate surface area is 193 Å². The molecule has 0 radical (unpaired) electrons. The third-order valence-electron chi connectivity index (χ3n) is 5.71. The SMILES string of the molecule is C1CCOCC1.CNc1cncc(-c2cnn(-c3cc(C(=O)NC4CC4)c(F)cc3C)c2)c1. The lowest BCUT2D eigenvalue weighted by Crippen LogP contribution is -2.26. The number of anilines is 1. The van der Waals surface area contributed by atoms with Gasteiger partial charge >= 0.3 is 0 Å². The topological polar surface area (TPSA) is 81.1 Å². The number of pyridine rings is 1. The summed E-state index contributed by atoms with van der Waals surface area (Å²) >= 11 is 0. The second-order valence-electron chi connectivity index (χ2n) is 8.43. The van der Waals surface area contributed by atoms with Crippen molar-refractivity contribution in [3.8, 4) is 16.8 Å². The highest BCUT2D eigenvalue weighted by Crippen LogP contribution is 2.25. The summed E-state index contributed by atoms with van der Waals surface area (Å²) in [7, 11) is 1.83. The predicted octanol–water partition coefficient (Wildman–Crippen LogP) is 4.50. The largest absolute Gasteiger partial charge is 0.387 e. The Morgan fingerprint density at radius 3 is 2.52 bits per heavy atom. The summed E-state index contributed by atoms with van der Waals surface area (Å²) in [6.07, 6.45) is 12.9. The predicted molar refractivity (Wildman–Crippen MR) is 126 cm³/mol. The van der Waals surface area contributed by atoms with Crippen molar-refractivity contribution in [1.29, 1.82) is 0 Å². The van der Waals surface area contributed by atoms with Crippen molar-refractivity contribution in [3.63, 3.8) is 0 Å². The monoisotopic (exact) mass is 451 g/mol. The first kappa shape index (κ1) is 22.9. The summed E-state index contributed by atoms with van der Waals surface area (Å²) in [5.41, 5.74) is 4.11. The maximum atomic E-state index is 14.3. The number of carbonyl (C=O) groups is 1. The van der Waals surface area contributed by atoms with Crippen molar-refractivity contribution in [2.75, 3.05) is 25.6 Å². The van der Waals surface area contributed by atoms with Crippen molar-refractivity contribution in [2.45, 2.75) is 45.1 Å². The van der Waals surface area contributed by atoms with E-state index in [1.165, 1.54) is 25.3 Å². The van der Waals surface area contributed by atoms with E-state index in [4.69, 9.17) is 4.74 Å². The van der Waals surface area contributed by atoms with Crippen molar-refractivity contribution < 1.29 is 13.9 Å². The molecule has 2 aliphatic rings. The molecular formula is C25H30FN5O2. The molecule has 7 nitrogen and oxygen atoms in total. The van der Waals surface area contributed by atoms with Gasteiger partial charge in [0.05, 0.1) is 23.1 Å². The molecule has 2 aromatic heterocycles. The van der Waals surface area contributed by atoms with Gasteiger partial charge in [0, 0.05) is 56.0 Å². The van der Waals surface area contributed by atoms with Gasteiger partial charge in [-0.2, -0.15) is 5.10 Å². The molecule has 0 atom stereocenters.